The molecular formula is C19H24N4O2. The third kappa shape index (κ3) is 4.47. The number of benzene rings is 1. The maximum absolute atomic E-state index is 12.9. The van der Waals surface area contributed by atoms with Gasteiger partial charge in [0.15, 0.2) is 0 Å². The average Bonchev–Trinajstić information content (AvgIpc) is 3.14. The smallest absolute Gasteiger partial charge is 0.245 e. The molecule has 2 N–H and O–H groups in total. The van der Waals surface area contributed by atoms with Crippen LogP contribution in [-0.4, -0.2) is 45.8 Å². The van der Waals surface area contributed by atoms with Gasteiger partial charge in [-0.2, -0.15) is 0 Å². The zero-order valence-corrected chi connectivity index (χ0v) is 14.4. The standard InChI is InChI=1S/C19H24N4O2/c1-14(24)22-18(11-17-12-20-13-21-17)19(25)23-9-7-16(8-10-23)15-5-3-2-4-6-15/h2-6,12-13,16,18H,7-11H2,1H3,(H,20,21)(H,22,24)/t18-/m0/s1. The number of aromatic nitrogens is 2. The van der Waals surface area contributed by atoms with E-state index in [1.807, 2.05) is 11.0 Å². The summed E-state index contributed by atoms with van der Waals surface area (Å²) in [5.41, 5.74) is 2.18. The maximum Gasteiger partial charge on any atom is 0.245 e. The first-order chi connectivity index (χ1) is 12.1. The first kappa shape index (κ1) is 17.2. The lowest BCUT2D eigenvalue weighted by Crippen LogP contribution is -2.51. The van der Waals surface area contributed by atoms with Crippen molar-refractivity contribution in [3.05, 3.63) is 54.1 Å². The molecule has 2 amide bonds. The van der Waals surface area contributed by atoms with E-state index < -0.39 is 6.04 Å². The Hall–Kier alpha value is -2.63. The van der Waals surface area contributed by atoms with Crippen LogP contribution in [0.15, 0.2) is 42.9 Å². The predicted octanol–water partition coefficient (Wildman–Crippen LogP) is 1.86. The van der Waals surface area contributed by atoms with Crippen LogP contribution in [0.1, 0.15) is 36.9 Å². The normalized spacial score (nSPS) is 16.4. The summed E-state index contributed by atoms with van der Waals surface area (Å²) in [7, 11) is 0. The van der Waals surface area contributed by atoms with Crippen LogP contribution in [0.5, 0.6) is 0 Å². The number of carbonyl (C=O) groups is 2. The van der Waals surface area contributed by atoms with Crippen molar-refractivity contribution in [2.24, 2.45) is 0 Å². The zero-order valence-electron chi connectivity index (χ0n) is 14.4. The SMILES string of the molecule is CC(=O)N[C@@H](Cc1cnc[nH]1)C(=O)N1CCC(c2ccccc2)CC1. The highest BCUT2D eigenvalue weighted by Gasteiger charge is 2.29. The summed E-state index contributed by atoms with van der Waals surface area (Å²) in [6.45, 7) is 2.88. The number of amides is 2. The molecule has 0 radical (unpaired) electrons. The van der Waals surface area contributed by atoms with Crippen LogP contribution in [0, 0.1) is 0 Å². The molecular weight excluding hydrogens is 316 g/mol. The molecule has 0 spiro atoms. The number of hydrogen-bond acceptors (Lipinski definition) is 3. The second-order valence-corrected chi connectivity index (χ2v) is 6.54. The van der Waals surface area contributed by atoms with Gasteiger partial charge in [0.2, 0.25) is 11.8 Å². The van der Waals surface area contributed by atoms with E-state index in [4.69, 9.17) is 0 Å². The highest BCUT2D eigenvalue weighted by Crippen LogP contribution is 2.28. The fourth-order valence-electron chi connectivity index (χ4n) is 3.44. The molecule has 6 nitrogen and oxygen atoms in total. The van der Waals surface area contributed by atoms with Crippen molar-refractivity contribution in [3.63, 3.8) is 0 Å². The summed E-state index contributed by atoms with van der Waals surface area (Å²) in [4.78, 5) is 33.2. The van der Waals surface area contributed by atoms with Crippen LogP contribution in [-0.2, 0) is 16.0 Å². The molecule has 0 saturated carbocycles. The number of hydrogen-bond donors (Lipinski definition) is 2. The summed E-state index contributed by atoms with van der Waals surface area (Å²) in [5, 5.41) is 2.78. The van der Waals surface area contributed by atoms with Gasteiger partial charge in [0.25, 0.3) is 0 Å². The first-order valence-corrected chi connectivity index (χ1v) is 8.71. The van der Waals surface area contributed by atoms with Crippen LogP contribution in [0.25, 0.3) is 0 Å². The van der Waals surface area contributed by atoms with Crippen LogP contribution >= 0.6 is 0 Å². The fraction of sp³-hybridized carbons (Fsp3) is 0.421. The van der Waals surface area contributed by atoms with Gasteiger partial charge < -0.3 is 15.2 Å². The minimum atomic E-state index is -0.550. The molecule has 1 atom stereocenters. The number of nitrogens with zero attached hydrogens (tertiary/aromatic N) is 2. The average molecular weight is 340 g/mol. The molecule has 6 heteroatoms. The predicted molar refractivity (Wildman–Crippen MR) is 94.9 cm³/mol. The summed E-state index contributed by atoms with van der Waals surface area (Å²) < 4.78 is 0. The van der Waals surface area contributed by atoms with E-state index in [0.29, 0.717) is 12.3 Å². The quantitative estimate of drug-likeness (QED) is 0.872. The molecule has 0 unspecified atom stereocenters. The van der Waals surface area contributed by atoms with Crippen LogP contribution in [0.3, 0.4) is 0 Å². The molecule has 2 aromatic rings. The topological polar surface area (TPSA) is 78.1 Å². The van der Waals surface area contributed by atoms with Crippen molar-refractivity contribution in [1.29, 1.82) is 0 Å². The molecule has 132 valence electrons. The molecule has 1 aliphatic rings. The number of H-pyrrole nitrogens is 1. The first-order valence-electron chi connectivity index (χ1n) is 8.71. The minimum Gasteiger partial charge on any atom is -0.348 e. The molecule has 3 rings (SSSR count). The van der Waals surface area contributed by atoms with Crippen molar-refractivity contribution < 1.29 is 9.59 Å². The number of aromatic amines is 1. The molecule has 1 aromatic heterocycles. The lowest BCUT2D eigenvalue weighted by Gasteiger charge is -2.34. The van der Waals surface area contributed by atoms with Gasteiger partial charge in [0.1, 0.15) is 6.04 Å². The Morgan fingerprint density at radius 3 is 2.60 bits per heavy atom. The van der Waals surface area contributed by atoms with Gasteiger partial charge >= 0.3 is 0 Å². The molecule has 25 heavy (non-hydrogen) atoms. The molecule has 2 heterocycles. The third-order valence-corrected chi connectivity index (χ3v) is 4.73. The number of rotatable bonds is 5. The lowest BCUT2D eigenvalue weighted by atomic mass is 9.89. The van der Waals surface area contributed by atoms with Crippen LogP contribution in [0.2, 0.25) is 0 Å². The van der Waals surface area contributed by atoms with E-state index in [-0.39, 0.29) is 11.8 Å². The van der Waals surface area contributed by atoms with Crippen molar-refractivity contribution in [1.82, 2.24) is 20.2 Å². The number of carbonyl (C=O) groups excluding carboxylic acids is 2. The van der Waals surface area contributed by atoms with E-state index in [9.17, 15) is 9.59 Å². The zero-order chi connectivity index (χ0) is 17.6. The number of piperidine rings is 1. The van der Waals surface area contributed by atoms with Gasteiger partial charge in [-0.1, -0.05) is 30.3 Å². The summed E-state index contributed by atoms with van der Waals surface area (Å²) >= 11 is 0. The maximum atomic E-state index is 12.9. The van der Waals surface area contributed by atoms with Crippen molar-refractivity contribution in [3.8, 4) is 0 Å². The Bertz CT molecular complexity index is 691. The number of nitrogens with one attached hydrogen (secondary N) is 2. The summed E-state index contributed by atoms with van der Waals surface area (Å²) in [5.74, 6) is 0.283. The lowest BCUT2D eigenvalue weighted by molar-refractivity contribution is -0.137. The fourth-order valence-corrected chi connectivity index (χ4v) is 3.44. The Morgan fingerprint density at radius 2 is 2.00 bits per heavy atom. The molecule has 1 saturated heterocycles. The molecule has 0 aliphatic carbocycles. The Balaban J connectivity index is 1.61. The van der Waals surface area contributed by atoms with E-state index in [0.717, 1.165) is 31.6 Å². The molecule has 1 fully saturated rings. The number of likely N-dealkylation sites (tertiary alicyclic amines) is 1. The van der Waals surface area contributed by atoms with Crippen LogP contribution < -0.4 is 5.32 Å². The van der Waals surface area contributed by atoms with E-state index in [1.165, 1.54) is 12.5 Å². The van der Waals surface area contributed by atoms with E-state index in [1.54, 1.807) is 12.5 Å². The summed E-state index contributed by atoms with van der Waals surface area (Å²) in [6.07, 6.45) is 5.59. The van der Waals surface area contributed by atoms with Gasteiger partial charge in [-0.3, -0.25) is 9.59 Å². The second-order valence-electron chi connectivity index (χ2n) is 6.54. The summed E-state index contributed by atoms with van der Waals surface area (Å²) in [6, 6.07) is 9.90. The monoisotopic (exact) mass is 340 g/mol. The third-order valence-electron chi connectivity index (χ3n) is 4.73. The second kappa shape index (κ2) is 7.96. The molecule has 1 aromatic carbocycles. The largest absolute Gasteiger partial charge is 0.348 e. The highest BCUT2D eigenvalue weighted by atomic mass is 16.2. The van der Waals surface area contributed by atoms with Crippen molar-refractivity contribution in [2.45, 2.75) is 38.1 Å². The highest BCUT2D eigenvalue weighted by molar-refractivity contribution is 5.87. The Labute approximate surface area is 147 Å². The van der Waals surface area contributed by atoms with Gasteiger partial charge in [0.05, 0.1) is 6.33 Å². The van der Waals surface area contributed by atoms with Gasteiger partial charge in [0, 0.05) is 38.3 Å². The Morgan fingerprint density at radius 1 is 1.28 bits per heavy atom. The van der Waals surface area contributed by atoms with Gasteiger partial charge in [-0.15, -0.1) is 0 Å². The van der Waals surface area contributed by atoms with Crippen LogP contribution in [0.4, 0.5) is 0 Å². The van der Waals surface area contributed by atoms with E-state index in [2.05, 4.69) is 39.6 Å². The van der Waals surface area contributed by atoms with E-state index >= 15 is 0 Å². The Kier molecular flexibility index (Phi) is 5.48. The molecule has 1 aliphatic heterocycles. The van der Waals surface area contributed by atoms with Crippen molar-refractivity contribution >= 4 is 11.8 Å². The number of imidazole rings is 1. The van der Waals surface area contributed by atoms with Gasteiger partial charge in [-0.05, 0) is 24.3 Å². The molecule has 0 bridgehead atoms. The van der Waals surface area contributed by atoms with Crippen molar-refractivity contribution in [2.75, 3.05) is 13.1 Å². The van der Waals surface area contributed by atoms with Gasteiger partial charge in [-0.25, -0.2) is 4.98 Å². The minimum absolute atomic E-state index is 0.0173.